The Labute approximate surface area is 172 Å². The molecule has 0 fully saturated rings. The molecule has 2 heterocycles. The van der Waals surface area contributed by atoms with Crippen molar-refractivity contribution in [3.05, 3.63) is 81.0 Å². The second-order valence-electron chi connectivity index (χ2n) is 7.26. The number of hydrogen-bond acceptors (Lipinski definition) is 4. The van der Waals surface area contributed by atoms with Gasteiger partial charge in [0.25, 0.3) is 17.7 Å². The summed E-state index contributed by atoms with van der Waals surface area (Å²) in [6, 6.07) is 15.6. The third-order valence-corrected chi connectivity index (χ3v) is 6.61. The van der Waals surface area contributed by atoms with E-state index in [4.69, 9.17) is 0 Å². The van der Waals surface area contributed by atoms with E-state index >= 15 is 0 Å². The van der Waals surface area contributed by atoms with E-state index in [0.29, 0.717) is 27.4 Å². The van der Waals surface area contributed by atoms with Gasteiger partial charge in [0.2, 0.25) is 0 Å². The zero-order chi connectivity index (χ0) is 20.0. The lowest BCUT2D eigenvalue weighted by Gasteiger charge is -2.15. The first-order valence-electron chi connectivity index (χ1n) is 9.62. The Morgan fingerprint density at radius 3 is 2.34 bits per heavy atom. The topological polar surface area (TPSA) is 66.5 Å². The lowest BCUT2D eigenvalue weighted by molar-refractivity contribution is 0.0925. The molecule has 0 bridgehead atoms. The summed E-state index contributed by atoms with van der Waals surface area (Å²) >= 11 is 1.55. The Hall–Kier alpha value is -3.25. The zero-order valence-corrected chi connectivity index (χ0v) is 16.4. The van der Waals surface area contributed by atoms with Gasteiger partial charge >= 0.3 is 0 Å². The van der Waals surface area contributed by atoms with E-state index in [1.54, 1.807) is 59.9 Å². The van der Waals surface area contributed by atoms with Gasteiger partial charge in [-0.3, -0.25) is 14.4 Å². The fraction of sp³-hybridized carbons (Fsp3) is 0.174. The van der Waals surface area contributed by atoms with Gasteiger partial charge in [0.15, 0.2) is 0 Å². The van der Waals surface area contributed by atoms with Gasteiger partial charge in [-0.25, -0.2) is 4.90 Å². The maximum Gasteiger partial charge on any atom is 0.266 e. The van der Waals surface area contributed by atoms with Crippen molar-refractivity contribution in [1.29, 1.82) is 0 Å². The van der Waals surface area contributed by atoms with Gasteiger partial charge in [0, 0.05) is 10.6 Å². The van der Waals surface area contributed by atoms with Gasteiger partial charge in [-0.1, -0.05) is 18.2 Å². The van der Waals surface area contributed by atoms with Crippen LogP contribution in [0.5, 0.6) is 0 Å². The van der Waals surface area contributed by atoms with Crippen molar-refractivity contribution in [2.75, 3.05) is 10.2 Å². The number of thiophene rings is 1. The molecule has 0 unspecified atom stereocenters. The molecule has 6 heteroatoms. The highest BCUT2D eigenvalue weighted by Gasteiger charge is 2.36. The van der Waals surface area contributed by atoms with Crippen LogP contribution in [0.2, 0.25) is 0 Å². The molecule has 0 saturated carbocycles. The molecule has 1 N–H and O–H groups in total. The van der Waals surface area contributed by atoms with E-state index < -0.39 is 0 Å². The first kappa shape index (κ1) is 17.8. The Bertz CT molecular complexity index is 1110. The van der Waals surface area contributed by atoms with E-state index in [1.807, 2.05) is 6.07 Å². The summed E-state index contributed by atoms with van der Waals surface area (Å²) in [5.74, 6) is -0.857. The SMILES string of the molecule is O=C(Nc1cccc(N2C(=O)c3ccccc3C2=O)c1)c1cc2c(s1)CCCC2. The maximum atomic E-state index is 12.7. The van der Waals surface area contributed by atoms with Crippen LogP contribution >= 0.6 is 11.3 Å². The molecule has 2 aromatic carbocycles. The van der Waals surface area contributed by atoms with E-state index in [2.05, 4.69) is 5.32 Å². The zero-order valence-electron chi connectivity index (χ0n) is 15.6. The number of amides is 3. The monoisotopic (exact) mass is 402 g/mol. The molecule has 0 saturated heterocycles. The van der Waals surface area contributed by atoms with E-state index in [1.165, 1.54) is 23.3 Å². The number of nitrogens with zero attached hydrogens (tertiary/aromatic N) is 1. The summed E-state index contributed by atoms with van der Waals surface area (Å²) in [6.07, 6.45) is 4.43. The van der Waals surface area contributed by atoms with Gasteiger partial charge in [-0.05, 0) is 67.6 Å². The standard InChI is InChI=1S/C23H18N2O3S/c26-21(20-12-14-6-1-4-11-19(14)29-20)24-15-7-5-8-16(13-15)25-22(27)17-9-2-3-10-18(17)23(25)28/h2-3,5,7-10,12-13H,1,4,6,11H2,(H,24,26). The van der Waals surface area contributed by atoms with Crippen LogP contribution < -0.4 is 10.2 Å². The Morgan fingerprint density at radius 2 is 1.62 bits per heavy atom. The fourth-order valence-corrected chi connectivity index (χ4v) is 5.09. The van der Waals surface area contributed by atoms with Crippen molar-refractivity contribution in [1.82, 2.24) is 0 Å². The average molecular weight is 402 g/mol. The van der Waals surface area contributed by atoms with Gasteiger partial charge in [0.05, 0.1) is 21.7 Å². The summed E-state index contributed by atoms with van der Waals surface area (Å²) in [5, 5.41) is 2.90. The number of carbonyl (C=O) groups is 3. The summed E-state index contributed by atoms with van der Waals surface area (Å²) < 4.78 is 0. The number of hydrogen-bond donors (Lipinski definition) is 1. The first-order valence-corrected chi connectivity index (χ1v) is 10.4. The lowest BCUT2D eigenvalue weighted by atomic mass is 9.99. The van der Waals surface area contributed by atoms with Crippen LogP contribution in [-0.4, -0.2) is 17.7 Å². The number of aryl methyl sites for hydroxylation is 2. The molecular weight excluding hydrogens is 384 g/mol. The predicted octanol–water partition coefficient (Wildman–Crippen LogP) is 4.68. The summed E-state index contributed by atoms with van der Waals surface area (Å²) in [6.45, 7) is 0. The minimum Gasteiger partial charge on any atom is -0.321 e. The number of benzene rings is 2. The quantitative estimate of drug-likeness (QED) is 0.647. The predicted molar refractivity (Wildman–Crippen MR) is 113 cm³/mol. The van der Waals surface area contributed by atoms with Crippen LogP contribution in [0.4, 0.5) is 11.4 Å². The van der Waals surface area contributed by atoms with Crippen LogP contribution in [0.1, 0.15) is 53.7 Å². The molecule has 0 spiro atoms. The molecule has 144 valence electrons. The van der Waals surface area contributed by atoms with E-state index in [9.17, 15) is 14.4 Å². The van der Waals surface area contributed by atoms with Crippen molar-refractivity contribution >= 4 is 40.4 Å². The largest absolute Gasteiger partial charge is 0.321 e. The van der Waals surface area contributed by atoms with Gasteiger partial charge in [0.1, 0.15) is 0 Å². The number of fused-ring (bicyclic) bond motifs is 2. The van der Waals surface area contributed by atoms with Gasteiger partial charge < -0.3 is 5.32 Å². The normalized spacial score (nSPS) is 15.2. The second kappa shape index (κ2) is 6.97. The van der Waals surface area contributed by atoms with Crippen LogP contribution in [0.25, 0.3) is 0 Å². The van der Waals surface area contributed by atoms with Gasteiger partial charge in [-0.15, -0.1) is 11.3 Å². The Kier molecular flexibility index (Phi) is 4.28. The molecule has 3 aromatic rings. The number of nitrogens with one attached hydrogen (secondary N) is 1. The van der Waals surface area contributed by atoms with E-state index in [0.717, 1.165) is 17.7 Å². The van der Waals surface area contributed by atoms with Crippen molar-refractivity contribution < 1.29 is 14.4 Å². The molecule has 5 rings (SSSR count). The van der Waals surface area contributed by atoms with Crippen LogP contribution in [0.3, 0.4) is 0 Å². The fourth-order valence-electron chi connectivity index (χ4n) is 3.94. The second-order valence-corrected chi connectivity index (χ2v) is 8.40. The van der Waals surface area contributed by atoms with Crippen LogP contribution in [0.15, 0.2) is 54.6 Å². The molecule has 29 heavy (non-hydrogen) atoms. The van der Waals surface area contributed by atoms with Crippen LogP contribution in [-0.2, 0) is 12.8 Å². The molecule has 3 amide bonds. The highest BCUT2D eigenvalue weighted by atomic mass is 32.1. The molecule has 5 nitrogen and oxygen atoms in total. The average Bonchev–Trinajstić information content (AvgIpc) is 3.28. The smallest absolute Gasteiger partial charge is 0.266 e. The Morgan fingerprint density at radius 1 is 0.897 bits per heavy atom. The Balaban J connectivity index is 1.39. The van der Waals surface area contributed by atoms with Crippen molar-refractivity contribution in [2.45, 2.75) is 25.7 Å². The summed E-state index contributed by atoms with van der Waals surface area (Å²) in [4.78, 5) is 41.3. The molecule has 1 aliphatic carbocycles. The highest BCUT2D eigenvalue weighted by Crippen LogP contribution is 2.32. The molecule has 1 aromatic heterocycles. The van der Waals surface area contributed by atoms with E-state index in [-0.39, 0.29) is 17.7 Å². The third kappa shape index (κ3) is 3.06. The minimum atomic E-state index is -0.347. The molecule has 1 aliphatic heterocycles. The number of anilines is 2. The third-order valence-electron chi connectivity index (χ3n) is 5.38. The van der Waals surface area contributed by atoms with Crippen LogP contribution in [0, 0.1) is 0 Å². The van der Waals surface area contributed by atoms with Crippen molar-refractivity contribution in [3.63, 3.8) is 0 Å². The summed E-state index contributed by atoms with van der Waals surface area (Å²) in [7, 11) is 0. The lowest BCUT2D eigenvalue weighted by Crippen LogP contribution is -2.29. The molecule has 2 aliphatic rings. The highest BCUT2D eigenvalue weighted by molar-refractivity contribution is 7.14. The number of imide groups is 1. The maximum absolute atomic E-state index is 12.7. The summed E-state index contributed by atoms with van der Waals surface area (Å²) in [5.41, 5.74) is 3.08. The van der Waals surface area contributed by atoms with Crippen molar-refractivity contribution in [2.24, 2.45) is 0 Å². The molecule has 0 atom stereocenters. The molecular formula is C23H18N2O3S. The first-order chi connectivity index (χ1) is 14.1. The van der Waals surface area contributed by atoms with Crippen molar-refractivity contribution in [3.8, 4) is 0 Å². The number of carbonyl (C=O) groups excluding carboxylic acids is 3. The van der Waals surface area contributed by atoms with Gasteiger partial charge in [-0.2, -0.15) is 0 Å². The number of rotatable bonds is 3. The molecule has 0 radical (unpaired) electrons. The minimum absolute atomic E-state index is 0.163.